The van der Waals surface area contributed by atoms with Gasteiger partial charge in [-0.3, -0.25) is 4.79 Å². The average molecular weight is 288 g/mol. The number of halogens is 1. The van der Waals surface area contributed by atoms with Crippen molar-refractivity contribution in [1.29, 1.82) is 0 Å². The average Bonchev–Trinajstić information content (AvgIpc) is 3.15. The summed E-state index contributed by atoms with van der Waals surface area (Å²) in [7, 11) is 0. The normalized spacial score (nSPS) is 24.6. The van der Waals surface area contributed by atoms with Crippen LogP contribution in [0.25, 0.3) is 0 Å². The van der Waals surface area contributed by atoms with E-state index in [-0.39, 0.29) is 23.1 Å². The summed E-state index contributed by atoms with van der Waals surface area (Å²) < 4.78 is 1.84. The Labute approximate surface area is 121 Å². The van der Waals surface area contributed by atoms with E-state index in [1.807, 2.05) is 22.9 Å². The Balaban J connectivity index is 1.72. The van der Waals surface area contributed by atoms with Crippen molar-refractivity contribution in [3.05, 3.63) is 47.5 Å². The molecule has 2 aliphatic rings. The van der Waals surface area contributed by atoms with Gasteiger partial charge in [0.1, 0.15) is 5.82 Å². The van der Waals surface area contributed by atoms with Crippen molar-refractivity contribution < 1.29 is 4.79 Å². The van der Waals surface area contributed by atoms with E-state index in [1.165, 1.54) is 0 Å². The van der Waals surface area contributed by atoms with Gasteiger partial charge in [-0.15, -0.1) is 16.7 Å². The summed E-state index contributed by atoms with van der Waals surface area (Å²) in [4.78, 5) is 16.5. The smallest absolute Gasteiger partial charge is 0.217 e. The fraction of sp³-hybridized carbons (Fsp3) is 0.400. The van der Waals surface area contributed by atoms with Crippen molar-refractivity contribution >= 4 is 17.4 Å². The van der Waals surface area contributed by atoms with Crippen LogP contribution in [0.15, 0.2) is 30.3 Å². The molecule has 1 aromatic heterocycles. The van der Waals surface area contributed by atoms with E-state index in [2.05, 4.69) is 22.2 Å². The van der Waals surface area contributed by atoms with E-state index in [4.69, 9.17) is 11.6 Å². The molecule has 2 atom stereocenters. The summed E-state index contributed by atoms with van der Waals surface area (Å²) in [5, 5.41) is 4.26. The van der Waals surface area contributed by atoms with Crippen LogP contribution in [0.1, 0.15) is 52.7 Å². The number of carbonyl (C=O) groups is 1. The van der Waals surface area contributed by atoms with Crippen molar-refractivity contribution in [2.45, 2.75) is 30.7 Å². The molecule has 2 aromatic rings. The SMILES string of the molecule is O=C(c1nc2n(n1)[C@@H](c1ccccc1)C[C@H]2Cl)C1CC1. The van der Waals surface area contributed by atoms with Crippen molar-refractivity contribution in [3.8, 4) is 0 Å². The van der Waals surface area contributed by atoms with Gasteiger partial charge in [0, 0.05) is 5.92 Å². The Bertz CT molecular complexity index is 663. The molecule has 1 aliphatic heterocycles. The third-order valence-electron chi connectivity index (χ3n) is 4.02. The molecule has 0 unspecified atom stereocenters. The third-order valence-corrected chi connectivity index (χ3v) is 4.39. The van der Waals surface area contributed by atoms with Gasteiger partial charge in [-0.2, -0.15) is 0 Å². The van der Waals surface area contributed by atoms with Crippen molar-refractivity contribution in [2.75, 3.05) is 0 Å². The molecule has 4 nitrogen and oxygen atoms in total. The molecule has 0 N–H and O–H groups in total. The van der Waals surface area contributed by atoms with Gasteiger partial charge in [-0.25, -0.2) is 9.67 Å². The van der Waals surface area contributed by atoms with Crippen molar-refractivity contribution in [2.24, 2.45) is 5.92 Å². The molecular formula is C15H14ClN3O. The highest BCUT2D eigenvalue weighted by Crippen LogP contribution is 2.41. The summed E-state index contributed by atoms with van der Waals surface area (Å²) in [6, 6.07) is 10.2. The van der Waals surface area contributed by atoms with Gasteiger partial charge in [0.2, 0.25) is 11.6 Å². The Morgan fingerprint density at radius 3 is 2.70 bits per heavy atom. The zero-order valence-electron chi connectivity index (χ0n) is 10.9. The summed E-state index contributed by atoms with van der Waals surface area (Å²) in [5.41, 5.74) is 1.16. The highest BCUT2D eigenvalue weighted by molar-refractivity contribution is 6.20. The fourth-order valence-electron chi connectivity index (χ4n) is 2.76. The van der Waals surface area contributed by atoms with Gasteiger partial charge in [0.05, 0.1) is 11.4 Å². The lowest BCUT2D eigenvalue weighted by molar-refractivity contribution is 0.0957. The number of hydrogen-bond acceptors (Lipinski definition) is 3. The number of aromatic nitrogens is 3. The van der Waals surface area contributed by atoms with Crippen LogP contribution in [0.2, 0.25) is 0 Å². The molecule has 1 aromatic carbocycles. The molecule has 1 aliphatic carbocycles. The minimum atomic E-state index is -0.173. The van der Waals surface area contributed by atoms with E-state index in [9.17, 15) is 4.79 Å². The van der Waals surface area contributed by atoms with Crippen LogP contribution >= 0.6 is 11.6 Å². The topological polar surface area (TPSA) is 47.8 Å². The second-order valence-corrected chi connectivity index (χ2v) is 6.03. The first kappa shape index (κ1) is 12.1. The third kappa shape index (κ3) is 1.86. The standard InChI is InChI=1S/C15H14ClN3O/c16-11-8-12(9-4-2-1-3-5-9)19-15(11)17-14(18-19)13(20)10-6-7-10/h1-5,10-12H,6-8H2/t11-,12-/m1/s1. The first-order valence-electron chi connectivity index (χ1n) is 6.93. The van der Waals surface area contributed by atoms with Crippen LogP contribution in [0.3, 0.4) is 0 Å². The van der Waals surface area contributed by atoms with Crippen LogP contribution in [-0.4, -0.2) is 20.5 Å². The number of hydrogen-bond donors (Lipinski definition) is 0. The van der Waals surface area contributed by atoms with Gasteiger partial charge < -0.3 is 0 Å². The largest absolute Gasteiger partial charge is 0.290 e. The van der Waals surface area contributed by atoms with Gasteiger partial charge in [0.25, 0.3) is 0 Å². The minimum absolute atomic E-state index is 0.0718. The highest BCUT2D eigenvalue weighted by Gasteiger charge is 2.38. The Hall–Kier alpha value is -1.68. The minimum Gasteiger partial charge on any atom is -0.290 e. The van der Waals surface area contributed by atoms with E-state index >= 15 is 0 Å². The molecule has 0 spiro atoms. The Morgan fingerprint density at radius 1 is 1.25 bits per heavy atom. The molecule has 102 valence electrons. The van der Waals surface area contributed by atoms with E-state index in [1.54, 1.807) is 0 Å². The van der Waals surface area contributed by atoms with Crippen LogP contribution in [0, 0.1) is 5.92 Å². The lowest BCUT2D eigenvalue weighted by Gasteiger charge is -2.11. The number of ketones is 1. The van der Waals surface area contributed by atoms with Gasteiger partial charge in [-0.1, -0.05) is 30.3 Å². The summed E-state index contributed by atoms with van der Waals surface area (Å²) in [6.07, 6.45) is 2.71. The molecule has 2 heterocycles. The van der Waals surface area contributed by atoms with Crippen LogP contribution in [0.4, 0.5) is 0 Å². The quantitative estimate of drug-likeness (QED) is 0.643. The number of alkyl halides is 1. The predicted molar refractivity (Wildman–Crippen MR) is 74.9 cm³/mol. The van der Waals surface area contributed by atoms with Crippen molar-refractivity contribution in [1.82, 2.24) is 14.8 Å². The molecule has 1 saturated carbocycles. The first-order valence-corrected chi connectivity index (χ1v) is 7.37. The Morgan fingerprint density at radius 2 is 2.00 bits per heavy atom. The van der Waals surface area contributed by atoms with E-state index in [0.717, 1.165) is 30.7 Å². The molecule has 20 heavy (non-hydrogen) atoms. The number of carbonyl (C=O) groups excluding carboxylic acids is 1. The number of nitrogens with zero attached hydrogens (tertiary/aromatic N) is 3. The maximum Gasteiger partial charge on any atom is 0.217 e. The lowest BCUT2D eigenvalue weighted by Crippen LogP contribution is -2.10. The predicted octanol–water partition coefficient (Wildman–Crippen LogP) is 3.14. The van der Waals surface area contributed by atoms with Gasteiger partial charge >= 0.3 is 0 Å². The van der Waals surface area contributed by atoms with Crippen LogP contribution in [-0.2, 0) is 0 Å². The number of Topliss-reactive ketones (excluding diaryl/α,β-unsaturated/α-hetero) is 1. The summed E-state index contributed by atoms with van der Waals surface area (Å²) in [5.74, 6) is 1.28. The molecule has 0 radical (unpaired) electrons. The first-order chi connectivity index (χ1) is 9.74. The molecule has 0 bridgehead atoms. The molecular weight excluding hydrogens is 274 g/mol. The zero-order valence-corrected chi connectivity index (χ0v) is 11.6. The van der Waals surface area contributed by atoms with Crippen LogP contribution in [0.5, 0.6) is 0 Å². The second-order valence-electron chi connectivity index (χ2n) is 5.51. The lowest BCUT2D eigenvalue weighted by atomic mass is 10.1. The molecule has 4 rings (SSSR count). The van der Waals surface area contributed by atoms with Gasteiger partial charge in [0.15, 0.2) is 0 Å². The Kier molecular flexibility index (Phi) is 2.67. The van der Waals surface area contributed by atoms with Gasteiger partial charge in [-0.05, 0) is 24.8 Å². The fourth-order valence-corrected chi connectivity index (χ4v) is 3.08. The molecule has 0 saturated heterocycles. The monoisotopic (exact) mass is 287 g/mol. The number of rotatable bonds is 3. The van der Waals surface area contributed by atoms with Crippen LogP contribution < -0.4 is 0 Å². The molecule has 1 fully saturated rings. The zero-order chi connectivity index (χ0) is 13.7. The highest BCUT2D eigenvalue weighted by atomic mass is 35.5. The molecule has 0 amide bonds. The maximum atomic E-state index is 12.1. The number of fused-ring (bicyclic) bond motifs is 1. The summed E-state index contributed by atoms with van der Waals surface area (Å²) >= 11 is 6.37. The second kappa shape index (κ2) is 4.42. The summed E-state index contributed by atoms with van der Waals surface area (Å²) in [6.45, 7) is 0. The van der Waals surface area contributed by atoms with E-state index in [0.29, 0.717) is 5.82 Å². The van der Waals surface area contributed by atoms with Crippen molar-refractivity contribution in [3.63, 3.8) is 0 Å². The molecule has 5 heteroatoms. The maximum absolute atomic E-state index is 12.1. The number of benzene rings is 1. The van der Waals surface area contributed by atoms with E-state index < -0.39 is 0 Å².